The number of hydrogen-bond acceptors (Lipinski definition) is 5. The number of esters is 1. The maximum absolute atomic E-state index is 14.2. The summed E-state index contributed by atoms with van der Waals surface area (Å²) in [6.07, 6.45) is 0. The highest BCUT2D eigenvalue weighted by atomic mass is 79.9. The number of ether oxygens (including phenoxy) is 2. The molecule has 0 radical (unpaired) electrons. The number of hydrogen-bond donors (Lipinski definition) is 1. The Labute approximate surface area is 134 Å². The number of carbonyl (C=O) groups excluding carboxylic acids is 1. The lowest BCUT2D eigenvalue weighted by Gasteiger charge is -2.26. The molecule has 1 aromatic carbocycles. The van der Waals surface area contributed by atoms with Crippen molar-refractivity contribution in [1.29, 1.82) is 5.26 Å². The van der Waals surface area contributed by atoms with E-state index in [9.17, 15) is 14.4 Å². The Morgan fingerprint density at radius 2 is 2.23 bits per heavy atom. The Morgan fingerprint density at radius 1 is 1.55 bits per heavy atom. The molecule has 0 saturated heterocycles. The van der Waals surface area contributed by atoms with Crippen molar-refractivity contribution in [3.05, 3.63) is 56.8 Å². The summed E-state index contributed by atoms with van der Waals surface area (Å²) in [5.41, 5.74) is 5.86. The molecular formula is C15H12BrFN2O3. The number of benzene rings is 1. The zero-order chi connectivity index (χ0) is 16.4. The smallest absolute Gasteiger partial charge is 0.338 e. The van der Waals surface area contributed by atoms with Crippen LogP contribution in [0, 0.1) is 17.1 Å². The van der Waals surface area contributed by atoms with E-state index in [0.717, 1.165) is 0 Å². The molecule has 0 fully saturated rings. The summed E-state index contributed by atoms with van der Waals surface area (Å²) in [7, 11) is 1.20. The van der Waals surface area contributed by atoms with Gasteiger partial charge in [0.2, 0.25) is 5.88 Å². The van der Waals surface area contributed by atoms with E-state index in [4.69, 9.17) is 15.2 Å². The fourth-order valence-corrected chi connectivity index (χ4v) is 2.68. The van der Waals surface area contributed by atoms with Gasteiger partial charge in [-0.3, -0.25) is 0 Å². The molecule has 114 valence electrons. The molecule has 0 spiro atoms. The summed E-state index contributed by atoms with van der Waals surface area (Å²) >= 11 is 3.25. The summed E-state index contributed by atoms with van der Waals surface area (Å²) in [6, 6.07) is 6.14. The van der Waals surface area contributed by atoms with Crippen LogP contribution in [0.5, 0.6) is 0 Å². The molecule has 1 aliphatic rings. The summed E-state index contributed by atoms with van der Waals surface area (Å²) in [5.74, 6) is -2.24. The van der Waals surface area contributed by atoms with Gasteiger partial charge in [0.15, 0.2) is 0 Å². The highest BCUT2D eigenvalue weighted by Gasteiger charge is 2.37. The molecule has 0 bridgehead atoms. The Hall–Kier alpha value is -2.33. The lowest BCUT2D eigenvalue weighted by atomic mass is 9.83. The largest absolute Gasteiger partial charge is 0.466 e. The minimum Gasteiger partial charge on any atom is -0.466 e. The van der Waals surface area contributed by atoms with Crippen LogP contribution in [0.2, 0.25) is 0 Å². The zero-order valence-electron chi connectivity index (χ0n) is 11.8. The third-order valence-corrected chi connectivity index (χ3v) is 3.77. The van der Waals surface area contributed by atoms with Crippen molar-refractivity contribution in [1.82, 2.24) is 0 Å². The SMILES string of the molecule is COC(=O)C1=C(C)OC(N)=C(C#N)[C@H]1c1cc(Br)ccc1F. The molecule has 22 heavy (non-hydrogen) atoms. The van der Waals surface area contributed by atoms with Crippen LogP contribution in [0.4, 0.5) is 4.39 Å². The van der Waals surface area contributed by atoms with Gasteiger partial charge in [-0.2, -0.15) is 5.26 Å². The van der Waals surface area contributed by atoms with Crippen molar-refractivity contribution < 1.29 is 18.7 Å². The van der Waals surface area contributed by atoms with E-state index < -0.39 is 17.7 Å². The van der Waals surface area contributed by atoms with Gasteiger partial charge in [0.05, 0.1) is 18.6 Å². The van der Waals surface area contributed by atoms with Crippen LogP contribution in [0.3, 0.4) is 0 Å². The molecule has 1 atom stereocenters. The van der Waals surface area contributed by atoms with Gasteiger partial charge >= 0.3 is 5.97 Å². The van der Waals surface area contributed by atoms with Crippen molar-refractivity contribution in [2.75, 3.05) is 7.11 Å². The molecule has 2 N–H and O–H groups in total. The van der Waals surface area contributed by atoms with E-state index in [1.54, 1.807) is 0 Å². The van der Waals surface area contributed by atoms with E-state index in [1.807, 2.05) is 6.07 Å². The second kappa shape index (κ2) is 6.20. The number of rotatable bonds is 2. The number of methoxy groups -OCH3 is 1. The number of carbonyl (C=O) groups is 1. The molecule has 0 saturated carbocycles. The van der Waals surface area contributed by atoms with Crippen LogP contribution >= 0.6 is 15.9 Å². The molecule has 0 aromatic heterocycles. The molecule has 5 nitrogen and oxygen atoms in total. The van der Waals surface area contributed by atoms with E-state index >= 15 is 0 Å². The Bertz CT molecular complexity index is 750. The molecule has 1 aliphatic heterocycles. The van der Waals surface area contributed by atoms with Gasteiger partial charge in [-0.15, -0.1) is 0 Å². The fraction of sp³-hybridized carbons (Fsp3) is 0.200. The van der Waals surface area contributed by atoms with Crippen LogP contribution < -0.4 is 5.73 Å². The molecular weight excluding hydrogens is 355 g/mol. The number of allylic oxidation sites excluding steroid dienone is 2. The molecule has 0 amide bonds. The Morgan fingerprint density at radius 3 is 2.82 bits per heavy atom. The molecule has 0 aliphatic carbocycles. The first kappa shape index (κ1) is 16.0. The molecule has 2 rings (SSSR count). The highest BCUT2D eigenvalue weighted by Crippen LogP contribution is 2.41. The molecule has 1 aromatic rings. The summed E-state index contributed by atoms with van der Waals surface area (Å²) in [5, 5.41) is 9.34. The predicted molar refractivity (Wildman–Crippen MR) is 79.5 cm³/mol. The molecule has 7 heteroatoms. The number of nitriles is 1. The average molecular weight is 367 g/mol. The van der Waals surface area contributed by atoms with Crippen molar-refractivity contribution in [2.24, 2.45) is 5.73 Å². The van der Waals surface area contributed by atoms with E-state index in [2.05, 4.69) is 15.9 Å². The highest BCUT2D eigenvalue weighted by molar-refractivity contribution is 9.10. The third kappa shape index (κ3) is 2.70. The molecule has 1 heterocycles. The Kier molecular flexibility index (Phi) is 4.52. The summed E-state index contributed by atoms with van der Waals surface area (Å²) in [6.45, 7) is 1.51. The predicted octanol–water partition coefficient (Wildman–Crippen LogP) is 2.84. The van der Waals surface area contributed by atoms with Crippen LogP contribution in [0.25, 0.3) is 0 Å². The maximum atomic E-state index is 14.2. The van der Waals surface area contributed by atoms with Gasteiger partial charge in [-0.1, -0.05) is 15.9 Å². The Balaban J connectivity index is 2.74. The monoisotopic (exact) mass is 366 g/mol. The van der Waals surface area contributed by atoms with Crippen LogP contribution in [-0.2, 0) is 14.3 Å². The van der Waals surface area contributed by atoms with Gasteiger partial charge in [0, 0.05) is 10.0 Å². The number of nitrogens with zero attached hydrogens (tertiary/aromatic N) is 1. The van der Waals surface area contributed by atoms with Crippen molar-refractivity contribution in [2.45, 2.75) is 12.8 Å². The number of nitrogens with two attached hydrogens (primary N) is 1. The standard InChI is InChI=1S/C15H12BrFN2O3/c1-7-12(15(20)21-2)13(10(6-18)14(19)22-7)9-5-8(16)3-4-11(9)17/h3-5,13H,19H2,1-2H3/t13-/m1/s1. The van der Waals surface area contributed by atoms with Gasteiger partial charge in [-0.25, -0.2) is 9.18 Å². The van der Waals surface area contributed by atoms with Gasteiger partial charge in [0.1, 0.15) is 23.2 Å². The molecule has 0 unspecified atom stereocenters. The third-order valence-electron chi connectivity index (χ3n) is 3.28. The van der Waals surface area contributed by atoms with Crippen LogP contribution in [-0.4, -0.2) is 13.1 Å². The van der Waals surface area contributed by atoms with Crippen LogP contribution in [0.15, 0.2) is 45.5 Å². The first-order valence-electron chi connectivity index (χ1n) is 6.22. The van der Waals surface area contributed by atoms with E-state index in [0.29, 0.717) is 4.47 Å². The van der Waals surface area contributed by atoms with Gasteiger partial charge in [-0.05, 0) is 25.1 Å². The zero-order valence-corrected chi connectivity index (χ0v) is 13.4. The maximum Gasteiger partial charge on any atom is 0.338 e. The lowest BCUT2D eigenvalue weighted by molar-refractivity contribution is -0.136. The van der Waals surface area contributed by atoms with Crippen molar-refractivity contribution in [3.63, 3.8) is 0 Å². The second-order valence-corrected chi connectivity index (χ2v) is 5.47. The van der Waals surface area contributed by atoms with Gasteiger partial charge < -0.3 is 15.2 Å². The van der Waals surface area contributed by atoms with E-state index in [-0.39, 0.29) is 28.4 Å². The summed E-state index contributed by atoms with van der Waals surface area (Å²) < 4.78 is 24.8. The summed E-state index contributed by atoms with van der Waals surface area (Å²) in [4.78, 5) is 12.1. The first-order chi connectivity index (χ1) is 10.4. The first-order valence-corrected chi connectivity index (χ1v) is 7.01. The topological polar surface area (TPSA) is 85.3 Å². The van der Waals surface area contributed by atoms with Crippen molar-refractivity contribution in [3.8, 4) is 6.07 Å². The second-order valence-electron chi connectivity index (χ2n) is 4.55. The minimum atomic E-state index is -0.983. The quantitative estimate of drug-likeness (QED) is 0.813. The normalized spacial score (nSPS) is 17.9. The van der Waals surface area contributed by atoms with Crippen LogP contribution in [0.1, 0.15) is 18.4 Å². The number of halogens is 2. The van der Waals surface area contributed by atoms with E-state index in [1.165, 1.54) is 32.2 Å². The minimum absolute atomic E-state index is 0.0389. The van der Waals surface area contributed by atoms with Gasteiger partial charge in [0.25, 0.3) is 0 Å². The lowest BCUT2D eigenvalue weighted by Crippen LogP contribution is -2.25. The van der Waals surface area contributed by atoms with Crippen molar-refractivity contribution >= 4 is 21.9 Å². The fourth-order valence-electron chi connectivity index (χ4n) is 2.30. The average Bonchev–Trinajstić information content (AvgIpc) is 2.48.